The van der Waals surface area contributed by atoms with Crippen LogP contribution in [0.2, 0.25) is 0 Å². The number of fused-ring (bicyclic) bond motifs is 5. The van der Waals surface area contributed by atoms with Gasteiger partial charge in [0.25, 0.3) is 0 Å². The van der Waals surface area contributed by atoms with Gasteiger partial charge in [-0.3, -0.25) is 4.90 Å². The van der Waals surface area contributed by atoms with Gasteiger partial charge in [-0.2, -0.15) is 0 Å². The first-order valence-electron chi connectivity index (χ1n) is 12.4. The van der Waals surface area contributed by atoms with Crippen LogP contribution in [0.5, 0.6) is 0 Å². The minimum Gasteiger partial charge on any atom is -0.395 e. The number of hydrogen-bond acceptors (Lipinski definition) is 3. The molecule has 4 fully saturated rings. The molecule has 0 radical (unpaired) electrons. The quantitative estimate of drug-likeness (QED) is 0.726. The number of hydrogen-bond donors (Lipinski definition) is 1. The Hall–Kier alpha value is -0.380. The van der Waals surface area contributed by atoms with Gasteiger partial charge in [-0.1, -0.05) is 18.6 Å². The second kappa shape index (κ2) is 7.39. The van der Waals surface area contributed by atoms with Crippen molar-refractivity contribution in [2.24, 2.45) is 23.2 Å². The van der Waals surface area contributed by atoms with E-state index in [0.29, 0.717) is 17.6 Å². The monoisotopic (exact) mass is 386 g/mol. The van der Waals surface area contributed by atoms with E-state index in [2.05, 4.69) is 29.7 Å². The highest BCUT2D eigenvalue weighted by molar-refractivity contribution is 5.26. The molecule has 0 bridgehead atoms. The van der Waals surface area contributed by atoms with E-state index in [-0.39, 0.29) is 0 Å². The summed E-state index contributed by atoms with van der Waals surface area (Å²) in [6.45, 7) is 10.3. The maximum absolute atomic E-state index is 9.61. The van der Waals surface area contributed by atoms with Crippen molar-refractivity contribution in [1.29, 1.82) is 0 Å². The van der Waals surface area contributed by atoms with E-state index >= 15 is 0 Å². The molecule has 6 unspecified atom stereocenters. The van der Waals surface area contributed by atoms with Crippen molar-refractivity contribution in [1.82, 2.24) is 9.80 Å². The molecule has 2 saturated carbocycles. The largest absolute Gasteiger partial charge is 0.395 e. The minimum absolute atomic E-state index is 0.316. The number of nitrogens with zero attached hydrogens (tertiary/aromatic N) is 2. The molecule has 28 heavy (non-hydrogen) atoms. The Morgan fingerprint density at radius 3 is 2.61 bits per heavy atom. The molecule has 3 aliphatic carbocycles. The summed E-state index contributed by atoms with van der Waals surface area (Å²) in [5.41, 5.74) is 2.64. The van der Waals surface area contributed by atoms with Crippen molar-refractivity contribution in [3.63, 3.8) is 0 Å². The van der Waals surface area contributed by atoms with E-state index in [1.165, 1.54) is 83.8 Å². The van der Waals surface area contributed by atoms with E-state index in [9.17, 15) is 5.11 Å². The summed E-state index contributed by atoms with van der Waals surface area (Å²) in [4.78, 5) is 5.46. The summed E-state index contributed by atoms with van der Waals surface area (Å²) in [6, 6.07) is 0.835. The minimum atomic E-state index is 0.316. The number of piperidine rings is 1. The lowest BCUT2D eigenvalue weighted by molar-refractivity contribution is -0.102. The molecule has 0 amide bonds. The Kier molecular flexibility index (Phi) is 5.17. The van der Waals surface area contributed by atoms with E-state index < -0.39 is 0 Å². The van der Waals surface area contributed by atoms with Crippen LogP contribution in [0.25, 0.3) is 0 Å². The first kappa shape index (κ1) is 19.6. The number of likely N-dealkylation sites (tertiary alicyclic amines) is 2. The Morgan fingerprint density at radius 2 is 1.82 bits per heavy atom. The fourth-order valence-corrected chi connectivity index (χ4v) is 8.52. The predicted molar refractivity (Wildman–Crippen MR) is 115 cm³/mol. The summed E-state index contributed by atoms with van der Waals surface area (Å²) in [7, 11) is 0. The topological polar surface area (TPSA) is 26.7 Å². The van der Waals surface area contributed by atoms with Gasteiger partial charge in [0.05, 0.1) is 6.61 Å². The average Bonchev–Trinajstić information content (AvgIpc) is 3.22. The van der Waals surface area contributed by atoms with Crippen LogP contribution < -0.4 is 0 Å². The summed E-state index contributed by atoms with van der Waals surface area (Å²) >= 11 is 0. The normalized spacial score (nSPS) is 47.2. The molecule has 5 aliphatic rings. The fourth-order valence-electron chi connectivity index (χ4n) is 8.52. The van der Waals surface area contributed by atoms with Gasteiger partial charge in [0.2, 0.25) is 0 Å². The lowest BCUT2D eigenvalue weighted by atomic mass is 9.47. The molecule has 2 saturated heterocycles. The number of aliphatic hydroxyl groups is 1. The molecule has 6 atom stereocenters. The zero-order valence-electron chi connectivity index (χ0n) is 18.3. The second-order valence-corrected chi connectivity index (χ2v) is 11.1. The summed E-state index contributed by atoms with van der Waals surface area (Å²) in [6.07, 6.45) is 16.6. The van der Waals surface area contributed by atoms with Gasteiger partial charge in [-0.15, -0.1) is 0 Å². The van der Waals surface area contributed by atoms with Crippen molar-refractivity contribution < 1.29 is 5.11 Å². The van der Waals surface area contributed by atoms with Crippen molar-refractivity contribution >= 4 is 0 Å². The molecule has 0 aromatic carbocycles. The van der Waals surface area contributed by atoms with Crippen molar-refractivity contribution in [2.45, 2.75) is 89.6 Å². The first-order valence-corrected chi connectivity index (χ1v) is 12.4. The Morgan fingerprint density at radius 1 is 1.00 bits per heavy atom. The highest BCUT2D eigenvalue weighted by Crippen LogP contribution is 2.61. The van der Waals surface area contributed by atoms with Crippen LogP contribution in [0.15, 0.2) is 11.6 Å². The zero-order valence-corrected chi connectivity index (χ0v) is 18.3. The second-order valence-electron chi connectivity index (χ2n) is 11.1. The summed E-state index contributed by atoms with van der Waals surface area (Å²) < 4.78 is 0. The van der Waals surface area contributed by atoms with E-state index in [1.807, 2.05) is 5.57 Å². The van der Waals surface area contributed by atoms with Gasteiger partial charge in [-0.05, 0) is 114 Å². The third-order valence-corrected chi connectivity index (χ3v) is 10.1. The molecule has 2 aliphatic heterocycles. The Labute approximate surface area is 172 Å². The maximum atomic E-state index is 9.61. The lowest BCUT2D eigenvalue weighted by Crippen LogP contribution is -2.63. The Balaban J connectivity index is 1.38. The lowest BCUT2D eigenvalue weighted by Gasteiger charge is -2.62. The van der Waals surface area contributed by atoms with Crippen molar-refractivity contribution in [2.75, 3.05) is 32.8 Å². The molecule has 3 heteroatoms. The third kappa shape index (κ3) is 2.94. The molecular weight excluding hydrogens is 344 g/mol. The van der Waals surface area contributed by atoms with Crippen LogP contribution in [0, 0.1) is 23.2 Å². The van der Waals surface area contributed by atoms with Crippen LogP contribution in [0.3, 0.4) is 0 Å². The highest BCUT2D eigenvalue weighted by atomic mass is 16.3. The molecule has 1 N–H and O–H groups in total. The van der Waals surface area contributed by atoms with Crippen molar-refractivity contribution in [3.8, 4) is 0 Å². The third-order valence-electron chi connectivity index (χ3n) is 10.1. The average molecular weight is 387 g/mol. The van der Waals surface area contributed by atoms with Gasteiger partial charge in [-0.25, -0.2) is 0 Å². The fraction of sp³-hybridized carbons (Fsp3) is 0.920. The number of aliphatic hydroxyl groups excluding tert-OH is 1. The van der Waals surface area contributed by atoms with Gasteiger partial charge in [0.1, 0.15) is 0 Å². The predicted octanol–water partition coefficient (Wildman–Crippen LogP) is 4.46. The molecule has 0 aromatic heterocycles. The molecular formula is C25H42N2O. The van der Waals surface area contributed by atoms with Gasteiger partial charge in [0.15, 0.2) is 0 Å². The van der Waals surface area contributed by atoms with Crippen LogP contribution in [-0.4, -0.2) is 59.3 Å². The zero-order chi connectivity index (χ0) is 19.4. The highest BCUT2D eigenvalue weighted by Gasteiger charge is 2.56. The standard InChI is InChI=1S/C25H42N2O/c1-24-11-9-20(26-13-3-4-14-26)18-19(24)7-8-21-22(24)10-12-25(2)23(21)6-5-15-27(25)16-17-28/h7,20-23,28H,3-6,8-18H2,1-2H3. The van der Waals surface area contributed by atoms with Crippen LogP contribution in [0.4, 0.5) is 0 Å². The molecule has 0 spiro atoms. The van der Waals surface area contributed by atoms with Gasteiger partial charge < -0.3 is 10.0 Å². The summed E-state index contributed by atoms with van der Waals surface area (Å²) in [5, 5.41) is 9.61. The molecule has 0 aromatic rings. The van der Waals surface area contributed by atoms with E-state index in [4.69, 9.17) is 0 Å². The SMILES string of the molecule is CC12CCC(N3CCCC3)CC1=CCC1C2CCC2(C)C1CCCN2CCO. The molecule has 5 rings (SSSR count). The first-order chi connectivity index (χ1) is 13.6. The number of rotatable bonds is 3. The maximum Gasteiger partial charge on any atom is 0.0558 e. The van der Waals surface area contributed by atoms with Gasteiger partial charge in [0, 0.05) is 18.1 Å². The smallest absolute Gasteiger partial charge is 0.0558 e. The van der Waals surface area contributed by atoms with Gasteiger partial charge >= 0.3 is 0 Å². The summed E-state index contributed by atoms with van der Waals surface area (Å²) in [5.74, 6) is 2.61. The molecule has 3 nitrogen and oxygen atoms in total. The molecule has 2 heterocycles. The number of β-amino-alcohol motifs (C(OH)–C–C–N with tert-alkyl or cyclic N) is 1. The van der Waals surface area contributed by atoms with Crippen LogP contribution in [-0.2, 0) is 0 Å². The number of allylic oxidation sites excluding steroid dienone is 1. The van der Waals surface area contributed by atoms with Crippen LogP contribution in [0.1, 0.15) is 78.1 Å². The van der Waals surface area contributed by atoms with E-state index in [0.717, 1.165) is 30.3 Å². The van der Waals surface area contributed by atoms with E-state index in [1.54, 1.807) is 0 Å². The molecule has 158 valence electrons. The van der Waals surface area contributed by atoms with Crippen molar-refractivity contribution in [3.05, 3.63) is 11.6 Å². The van der Waals surface area contributed by atoms with Crippen LogP contribution >= 0.6 is 0 Å². The Bertz CT molecular complexity index is 610.